The maximum absolute atomic E-state index is 3.20. The maximum Gasteiger partial charge on any atom is 0.0372 e. The van der Waals surface area contributed by atoms with Crippen molar-refractivity contribution in [3.63, 3.8) is 0 Å². The van der Waals surface area contributed by atoms with Gasteiger partial charge in [-0.1, -0.05) is 45.4 Å². The van der Waals surface area contributed by atoms with Gasteiger partial charge in [0.15, 0.2) is 0 Å². The van der Waals surface area contributed by atoms with E-state index in [0.29, 0.717) is 5.92 Å². The molecular weight excluding hydrogens is 206 g/mol. The number of anilines is 1. The quantitative estimate of drug-likeness (QED) is 0.781. The number of hydrogen-bond acceptors (Lipinski definition) is 1. The second-order valence-corrected chi connectivity index (χ2v) is 3.50. The molecule has 0 atom stereocenters. The van der Waals surface area contributed by atoms with Crippen LogP contribution in [-0.2, 0) is 0 Å². The van der Waals surface area contributed by atoms with Crippen LogP contribution < -0.4 is 5.32 Å². The van der Waals surface area contributed by atoms with Gasteiger partial charge in [-0.05, 0) is 24.5 Å². The van der Waals surface area contributed by atoms with E-state index in [-0.39, 0.29) is 12.4 Å². The van der Waals surface area contributed by atoms with E-state index in [9.17, 15) is 0 Å². The van der Waals surface area contributed by atoms with E-state index in [2.05, 4.69) is 44.3 Å². The Morgan fingerprint density at radius 1 is 1.13 bits per heavy atom. The predicted molar refractivity (Wildman–Crippen MR) is 73.4 cm³/mol. The number of hydrogen-bond donors (Lipinski definition) is 1. The van der Waals surface area contributed by atoms with Gasteiger partial charge in [0.2, 0.25) is 0 Å². The average molecular weight is 230 g/mol. The molecule has 0 aliphatic heterocycles. The van der Waals surface area contributed by atoms with E-state index in [1.54, 1.807) is 0 Å². The molecular formula is C13H24ClN. The summed E-state index contributed by atoms with van der Waals surface area (Å²) in [4.78, 5) is 0. The van der Waals surface area contributed by atoms with Gasteiger partial charge in [0.25, 0.3) is 0 Å². The molecule has 0 amide bonds. The smallest absolute Gasteiger partial charge is 0.0372 e. The first-order valence-electron chi connectivity index (χ1n) is 5.43. The van der Waals surface area contributed by atoms with Crippen LogP contribution in [0, 0.1) is 6.92 Å². The normalized spacial score (nSPS) is 8.73. The zero-order chi connectivity index (χ0) is 11.1. The molecule has 0 fully saturated rings. The monoisotopic (exact) mass is 229 g/mol. The van der Waals surface area contributed by atoms with Crippen LogP contribution in [0.3, 0.4) is 0 Å². The van der Waals surface area contributed by atoms with E-state index >= 15 is 0 Å². The standard InChI is InChI=1S/C11H17N.C2H6.ClH/c1-8(2)10-7-9(3)5-6-11(10)12-4;1-2;/h5-8,12H,1-4H3;1-2H3;1H. The van der Waals surface area contributed by atoms with E-state index in [4.69, 9.17) is 0 Å². The van der Waals surface area contributed by atoms with Crippen molar-refractivity contribution in [1.82, 2.24) is 0 Å². The molecule has 0 saturated carbocycles. The SMILES string of the molecule is CC.CNc1ccc(C)cc1C(C)C.Cl. The lowest BCUT2D eigenvalue weighted by atomic mass is 9.99. The molecule has 0 saturated heterocycles. The summed E-state index contributed by atoms with van der Waals surface area (Å²) in [7, 11) is 1.97. The van der Waals surface area contributed by atoms with Gasteiger partial charge < -0.3 is 5.32 Å². The molecule has 88 valence electrons. The van der Waals surface area contributed by atoms with E-state index in [1.165, 1.54) is 16.8 Å². The number of rotatable bonds is 2. The zero-order valence-corrected chi connectivity index (χ0v) is 11.5. The van der Waals surface area contributed by atoms with Crippen molar-refractivity contribution in [3.8, 4) is 0 Å². The molecule has 0 bridgehead atoms. The summed E-state index contributed by atoms with van der Waals surface area (Å²) >= 11 is 0. The predicted octanol–water partition coefficient (Wildman–Crippen LogP) is 4.61. The van der Waals surface area contributed by atoms with Crippen LogP contribution in [0.2, 0.25) is 0 Å². The Hall–Kier alpha value is -0.690. The van der Waals surface area contributed by atoms with Crippen molar-refractivity contribution in [2.45, 2.75) is 40.5 Å². The molecule has 0 heterocycles. The molecule has 0 spiro atoms. The largest absolute Gasteiger partial charge is 0.388 e. The molecule has 0 unspecified atom stereocenters. The first kappa shape index (κ1) is 16.7. The fraction of sp³-hybridized carbons (Fsp3) is 0.538. The van der Waals surface area contributed by atoms with Gasteiger partial charge in [-0.3, -0.25) is 0 Å². The summed E-state index contributed by atoms with van der Waals surface area (Å²) in [6.45, 7) is 10.6. The molecule has 0 aliphatic rings. The van der Waals surface area contributed by atoms with Crippen LogP contribution >= 0.6 is 12.4 Å². The number of halogens is 1. The topological polar surface area (TPSA) is 12.0 Å². The van der Waals surface area contributed by atoms with Crippen molar-refractivity contribution in [1.29, 1.82) is 0 Å². The Kier molecular flexibility index (Phi) is 9.60. The number of benzene rings is 1. The second-order valence-electron chi connectivity index (χ2n) is 3.50. The van der Waals surface area contributed by atoms with Crippen LogP contribution in [0.15, 0.2) is 18.2 Å². The first-order chi connectivity index (χ1) is 6.65. The molecule has 1 aromatic rings. The van der Waals surface area contributed by atoms with E-state index in [1.807, 2.05) is 20.9 Å². The first-order valence-corrected chi connectivity index (χ1v) is 5.43. The van der Waals surface area contributed by atoms with Crippen molar-refractivity contribution in [3.05, 3.63) is 29.3 Å². The fourth-order valence-electron chi connectivity index (χ4n) is 1.39. The summed E-state index contributed by atoms with van der Waals surface area (Å²) in [6, 6.07) is 6.53. The van der Waals surface area contributed by atoms with Gasteiger partial charge in [0, 0.05) is 12.7 Å². The summed E-state index contributed by atoms with van der Waals surface area (Å²) in [5.41, 5.74) is 3.98. The van der Waals surface area contributed by atoms with Crippen LogP contribution in [0.1, 0.15) is 44.7 Å². The third-order valence-corrected chi connectivity index (χ3v) is 2.10. The van der Waals surface area contributed by atoms with Gasteiger partial charge in [0.05, 0.1) is 0 Å². The lowest BCUT2D eigenvalue weighted by Crippen LogP contribution is -1.97. The number of aryl methyl sites for hydroxylation is 1. The minimum atomic E-state index is 0. The molecule has 0 aliphatic carbocycles. The Morgan fingerprint density at radius 2 is 1.67 bits per heavy atom. The van der Waals surface area contributed by atoms with Gasteiger partial charge in [-0.15, -0.1) is 12.4 Å². The summed E-state index contributed by atoms with van der Waals surface area (Å²) in [5, 5.41) is 3.20. The lowest BCUT2D eigenvalue weighted by Gasteiger charge is -2.12. The van der Waals surface area contributed by atoms with Crippen LogP contribution in [0.25, 0.3) is 0 Å². The highest BCUT2D eigenvalue weighted by atomic mass is 35.5. The Morgan fingerprint density at radius 3 is 2.07 bits per heavy atom. The van der Waals surface area contributed by atoms with E-state index < -0.39 is 0 Å². The maximum atomic E-state index is 3.20. The molecule has 0 aromatic heterocycles. The molecule has 1 aromatic carbocycles. The zero-order valence-electron chi connectivity index (χ0n) is 10.7. The summed E-state index contributed by atoms with van der Waals surface area (Å²) in [6.07, 6.45) is 0. The third-order valence-electron chi connectivity index (χ3n) is 2.10. The van der Waals surface area contributed by atoms with Gasteiger partial charge in [-0.25, -0.2) is 0 Å². The Labute approximate surface area is 101 Å². The highest BCUT2D eigenvalue weighted by molar-refractivity contribution is 5.85. The van der Waals surface area contributed by atoms with Crippen molar-refractivity contribution in [2.75, 3.05) is 12.4 Å². The van der Waals surface area contributed by atoms with Crippen molar-refractivity contribution in [2.24, 2.45) is 0 Å². The molecule has 1 rings (SSSR count). The molecule has 15 heavy (non-hydrogen) atoms. The fourth-order valence-corrected chi connectivity index (χ4v) is 1.39. The molecule has 2 heteroatoms. The minimum absolute atomic E-state index is 0. The van der Waals surface area contributed by atoms with E-state index in [0.717, 1.165) is 0 Å². The molecule has 0 radical (unpaired) electrons. The van der Waals surface area contributed by atoms with Gasteiger partial charge in [-0.2, -0.15) is 0 Å². The Bertz CT molecular complexity index is 269. The highest BCUT2D eigenvalue weighted by Crippen LogP contribution is 2.24. The third kappa shape index (κ3) is 5.08. The van der Waals surface area contributed by atoms with Crippen LogP contribution in [0.5, 0.6) is 0 Å². The molecule has 1 N–H and O–H groups in total. The number of nitrogens with one attached hydrogen (secondary N) is 1. The van der Waals surface area contributed by atoms with Crippen molar-refractivity contribution < 1.29 is 0 Å². The molecule has 1 nitrogen and oxygen atoms in total. The second kappa shape index (κ2) is 8.60. The van der Waals surface area contributed by atoms with Crippen molar-refractivity contribution >= 4 is 18.1 Å². The Balaban J connectivity index is 0. The average Bonchev–Trinajstić information content (AvgIpc) is 2.20. The summed E-state index contributed by atoms with van der Waals surface area (Å²) < 4.78 is 0. The van der Waals surface area contributed by atoms with Crippen LogP contribution in [-0.4, -0.2) is 7.05 Å². The van der Waals surface area contributed by atoms with Gasteiger partial charge in [0.1, 0.15) is 0 Å². The lowest BCUT2D eigenvalue weighted by molar-refractivity contribution is 0.866. The van der Waals surface area contributed by atoms with Crippen LogP contribution in [0.4, 0.5) is 5.69 Å². The summed E-state index contributed by atoms with van der Waals surface area (Å²) in [5.74, 6) is 0.590. The van der Waals surface area contributed by atoms with Gasteiger partial charge >= 0.3 is 0 Å². The minimum Gasteiger partial charge on any atom is -0.388 e. The highest BCUT2D eigenvalue weighted by Gasteiger charge is 2.04.